The van der Waals surface area contributed by atoms with Crippen molar-refractivity contribution >= 4 is 10.9 Å². The van der Waals surface area contributed by atoms with Gasteiger partial charge in [0, 0.05) is 42.0 Å². The van der Waals surface area contributed by atoms with Crippen LogP contribution in [0.15, 0.2) is 67.1 Å². The molecular weight excluding hydrogens is 332 g/mol. The van der Waals surface area contributed by atoms with E-state index in [0.717, 1.165) is 31.7 Å². The van der Waals surface area contributed by atoms with E-state index in [0.29, 0.717) is 6.04 Å². The number of aryl methyl sites for hydroxylation is 1. The number of rotatable bonds is 4. The molecular formula is C23H24N4. The van der Waals surface area contributed by atoms with Crippen molar-refractivity contribution in [2.75, 3.05) is 13.1 Å². The molecule has 4 heteroatoms. The summed E-state index contributed by atoms with van der Waals surface area (Å²) in [6.07, 6.45) is 5.34. The van der Waals surface area contributed by atoms with Crippen molar-refractivity contribution in [2.45, 2.75) is 25.9 Å². The van der Waals surface area contributed by atoms with Gasteiger partial charge in [-0.15, -0.1) is 0 Å². The van der Waals surface area contributed by atoms with Crippen molar-refractivity contribution in [2.24, 2.45) is 0 Å². The number of nitrogens with zero attached hydrogens (tertiary/aromatic N) is 3. The smallest absolute Gasteiger partial charge is 0.0963 e. The Hall–Kier alpha value is -2.85. The highest BCUT2D eigenvalue weighted by molar-refractivity contribution is 5.88. The molecule has 0 spiro atoms. The molecule has 0 radical (unpaired) electrons. The van der Waals surface area contributed by atoms with E-state index >= 15 is 0 Å². The maximum atomic E-state index is 4.85. The summed E-state index contributed by atoms with van der Waals surface area (Å²) in [5, 5.41) is 4.78. The third-order valence-corrected chi connectivity index (χ3v) is 5.66. The summed E-state index contributed by atoms with van der Waals surface area (Å²) in [7, 11) is 0. The second-order valence-electron chi connectivity index (χ2n) is 7.24. The lowest BCUT2D eigenvalue weighted by Crippen LogP contribution is -2.13. The Morgan fingerprint density at radius 1 is 1.07 bits per heavy atom. The third-order valence-electron chi connectivity index (χ3n) is 5.66. The molecule has 2 aromatic heterocycles. The van der Waals surface area contributed by atoms with Crippen molar-refractivity contribution in [3.8, 4) is 22.5 Å². The summed E-state index contributed by atoms with van der Waals surface area (Å²) in [4.78, 5) is 4.85. The zero-order valence-electron chi connectivity index (χ0n) is 15.6. The summed E-state index contributed by atoms with van der Waals surface area (Å²) in [6.45, 7) is 5.24. The Morgan fingerprint density at radius 3 is 2.74 bits per heavy atom. The molecule has 1 fully saturated rings. The number of fused-ring (bicyclic) bond motifs is 1. The van der Waals surface area contributed by atoms with Crippen molar-refractivity contribution in [1.82, 2.24) is 19.4 Å². The SMILES string of the molecule is CCn1ccc2ccc(-c3c(-c4ccccc4)ncn3[C@@H]3CCNC3)cc21. The van der Waals surface area contributed by atoms with Gasteiger partial charge in [-0.3, -0.25) is 0 Å². The molecule has 136 valence electrons. The van der Waals surface area contributed by atoms with Crippen LogP contribution in [-0.4, -0.2) is 27.2 Å². The number of aromatic nitrogens is 3. The van der Waals surface area contributed by atoms with Gasteiger partial charge in [0.15, 0.2) is 0 Å². The average Bonchev–Trinajstić information content (AvgIpc) is 3.46. The molecule has 0 saturated carbocycles. The maximum Gasteiger partial charge on any atom is 0.0963 e. The van der Waals surface area contributed by atoms with Gasteiger partial charge >= 0.3 is 0 Å². The second-order valence-corrected chi connectivity index (χ2v) is 7.24. The molecule has 0 aliphatic carbocycles. The molecule has 27 heavy (non-hydrogen) atoms. The lowest BCUT2D eigenvalue weighted by molar-refractivity contribution is 0.551. The van der Waals surface area contributed by atoms with Gasteiger partial charge in [0.1, 0.15) is 0 Å². The van der Waals surface area contributed by atoms with Crippen molar-refractivity contribution < 1.29 is 0 Å². The van der Waals surface area contributed by atoms with E-state index in [1.54, 1.807) is 0 Å². The minimum atomic E-state index is 0.457. The molecule has 1 aliphatic rings. The Kier molecular flexibility index (Phi) is 4.06. The Labute approximate surface area is 159 Å². The van der Waals surface area contributed by atoms with Gasteiger partial charge in [0.05, 0.1) is 17.7 Å². The number of hydrogen-bond donors (Lipinski definition) is 1. The fourth-order valence-electron chi connectivity index (χ4n) is 4.21. The van der Waals surface area contributed by atoms with Crippen LogP contribution in [-0.2, 0) is 6.54 Å². The highest BCUT2D eigenvalue weighted by Gasteiger charge is 2.23. The molecule has 1 saturated heterocycles. The van der Waals surface area contributed by atoms with E-state index in [-0.39, 0.29) is 0 Å². The summed E-state index contributed by atoms with van der Waals surface area (Å²) in [6, 6.07) is 20.0. The second kappa shape index (κ2) is 6.71. The molecule has 1 aliphatic heterocycles. The van der Waals surface area contributed by atoms with Gasteiger partial charge in [-0.1, -0.05) is 42.5 Å². The number of nitrogens with one attached hydrogen (secondary N) is 1. The lowest BCUT2D eigenvalue weighted by atomic mass is 10.0. The van der Waals surface area contributed by atoms with Gasteiger partial charge in [-0.05, 0) is 37.4 Å². The van der Waals surface area contributed by atoms with Crippen molar-refractivity contribution in [3.05, 3.63) is 67.1 Å². The zero-order chi connectivity index (χ0) is 18.2. The van der Waals surface area contributed by atoms with Gasteiger partial charge in [0.25, 0.3) is 0 Å². The largest absolute Gasteiger partial charge is 0.348 e. The quantitative estimate of drug-likeness (QED) is 0.574. The third kappa shape index (κ3) is 2.77. The van der Waals surface area contributed by atoms with Crippen LogP contribution in [0.2, 0.25) is 0 Å². The molecule has 0 amide bonds. The first-order valence-corrected chi connectivity index (χ1v) is 9.77. The van der Waals surface area contributed by atoms with E-state index in [4.69, 9.17) is 4.98 Å². The highest BCUT2D eigenvalue weighted by Crippen LogP contribution is 2.36. The van der Waals surface area contributed by atoms with Crippen molar-refractivity contribution in [1.29, 1.82) is 0 Å². The van der Waals surface area contributed by atoms with E-state index in [1.807, 2.05) is 6.33 Å². The van der Waals surface area contributed by atoms with Crippen LogP contribution in [0.1, 0.15) is 19.4 Å². The fraction of sp³-hybridized carbons (Fsp3) is 0.261. The molecule has 3 heterocycles. The molecule has 1 atom stereocenters. The molecule has 4 aromatic rings. The topological polar surface area (TPSA) is 34.8 Å². The minimum absolute atomic E-state index is 0.457. The van der Waals surface area contributed by atoms with Gasteiger partial charge < -0.3 is 14.5 Å². The molecule has 4 nitrogen and oxygen atoms in total. The average molecular weight is 356 g/mol. The fourth-order valence-corrected chi connectivity index (χ4v) is 4.21. The van der Waals surface area contributed by atoms with Gasteiger partial charge in [-0.2, -0.15) is 0 Å². The maximum absolute atomic E-state index is 4.85. The molecule has 2 aromatic carbocycles. The van der Waals surface area contributed by atoms with E-state index in [9.17, 15) is 0 Å². The Morgan fingerprint density at radius 2 is 1.96 bits per heavy atom. The molecule has 1 N–H and O–H groups in total. The summed E-state index contributed by atoms with van der Waals surface area (Å²) in [5.41, 5.74) is 5.98. The zero-order valence-corrected chi connectivity index (χ0v) is 15.6. The summed E-state index contributed by atoms with van der Waals surface area (Å²) < 4.78 is 4.68. The number of imidazole rings is 1. The predicted molar refractivity (Wildman–Crippen MR) is 111 cm³/mol. The van der Waals surface area contributed by atoms with E-state index in [2.05, 4.69) is 82.2 Å². The molecule has 0 unspecified atom stereocenters. The summed E-state index contributed by atoms with van der Waals surface area (Å²) >= 11 is 0. The van der Waals surface area contributed by atoms with Crippen LogP contribution >= 0.6 is 0 Å². The van der Waals surface area contributed by atoms with Crippen molar-refractivity contribution in [3.63, 3.8) is 0 Å². The van der Waals surface area contributed by atoms with Crippen LogP contribution in [0.3, 0.4) is 0 Å². The highest BCUT2D eigenvalue weighted by atomic mass is 15.1. The normalized spacial score (nSPS) is 17.0. The Bertz CT molecular complexity index is 1070. The van der Waals surface area contributed by atoms with E-state index < -0.39 is 0 Å². The number of hydrogen-bond acceptors (Lipinski definition) is 2. The molecule has 5 rings (SSSR count). The molecule has 0 bridgehead atoms. The minimum Gasteiger partial charge on any atom is -0.348 e. The number of benzene rings is 2. The first kappa shape index (κ1) is 16.3. The van der Waals surface area contributed by atoms with Gasteiger partial charge in [0.2, 0.25) is 0 Å². The van der Waals surface area contributed by atoms with Crippen LogP contribution in [0.4, 0.5) is 0 Å². The van der Waals surface area contributed by atoms with Crippen LogP contribution < -0.4 is 5.32 Å². The Balaban J connectivity index is 1.72. The first-order valence-electron chi connectivity index (χ1n) is 9.77. The summed E-state index contributed by atoms with van der Waals surface area (Å²) in [5.74, 6) is 0. The monoisotopic (exact) mass is 356 g/mol. The first-order chi connectivity index (χ1) is 13.3. The van der Waals surface area contributed by atoms with Gasteiger partial charge in [-0.25, -0.2) is 4.98 Å². The van der Waals surface area contributed by atoms with Crippen LogP contribution in [0.5, 0.6) is 0 Å². The van der Waals surface area contributed by atoms with Crippen LogP contribution in [0, 0.1) is 0 Å². The van der Waals surface area contributed by atoms with E-state index in [1.165, 1.54) is 27.7 Å². The predicted octanol–water partition coefficient (Wildman–Crippen LogP) is 4.73. The van der Waals surface area contributed by atoms with Crippen LogP contribution in [0.25, 0.3) is 33.4 Å². The standard InChI is InChI=1S/C23H24N4/c1-2-26-13-11-17-8-9-19(14-21(17)26)23-22(18-6-4-3-5-7-18)25-16-27(23)20-10-12-24-15-20/h3-9,11,13-14,16,20,24H,2,10,12,15H2,1H3/t20-/m1/s1. The lowest BCUT2D eigenvalue weighted by Gasteiger charge is -2.16.